The number of hydrogen-bond acceptors (Lipinski definition) is 5. The zero-order valence-corrected chi connectivity index (χ0v) is 12.9. The quantitative estimate of drug-likeness (QED) is 0.750. The van der Waals surface area contributed by atoms with Crippen molar-refractivity contribution in [3.05, 3.63) is 65.9 Å². The summed E-state index contributed by atoms with van der Waals surface area (Å²) in [5.41, 5.74) is 1.80. The molecule has 2 aromatic heterocycles. The second kappa shape index (κ2) is 6.82. The standard InChI is InChI=1S/C17H15N3O4/c1-2-11-6-3-4-7-12(11)18-15(21)13-10-24-17(19-13)20-16(22)14-8-5-9-23-14/h3-10H,2H2,1H3,(H,18,21)(H,19,20,22). The van der Waals surface area contributed by atoms with E-state index in [1.807, 2.05) is 31.2 Å². The molecule has 122 valence electrons. The molecule has 0 bridgehead atoms. The van der Waals surface area contributed by atoms with Gasteiger partial charge in [0.05, 0.1) is 6.26 Å². The predicted molar refractivity (Wildman–Crippen MR) is 86.9 cm³/mol. The van der Waals surface area contributed by atoms with Gasteiger partial charge in [-0.2, -0.15) is 4.98 Å². The lowest BCUT2D eigenvalue weighted by Gasteiger charge is -2.07. The Labute approximate surface area is 137 Å². The van der Waals surface area contributed by atoms with Crippen LogP contribution in [-0.2, 0) is 6.42 Å². The number of amides is 2. The van der Waals surface area contributed by atoms with Gasteiger partial charge in [-0.3, -0.25) is 14.9 Å². The van der Waals surface area contributed by atoms with E-state index in [4.69, 9.17) is 8.83 Å². The summed E-state index contributed by atoms with van der Waals surface area (Å²) >= 11 is 0. The van der Waals surface area contributed by atoms with Crippen LogP contribution in [0.25, 0.3) is 0 Å². The number of para-hydroxylation sites is 1. The smallest absolute Gasteiger partial charge is 0.302 e. The van der Waals surface area contributed by atoms with Crippen LogP contribution in [0.5, 0.6) is 0 Å². The van der Waals surface area contributed by atoms with Crippen molar-refractivity contribution in [3.8, 4) is 0 Å². The van der Waals surface area contributed by atoms with Gasteiger partial charge in [0.2, 0.25) is 0 Å². The van der Waals surface area contributed by atoms with Gasteiger partial charge in [0.25, 0.3) is 11.8 Å². The molecule has 0 fully saturated rings. The summed E-state index contributed by atoms with van der Waals surface area (Å²) in [5.74, 6) is -0.806. The summed E-state index contributed by atoms with van der Waals surface area (Å²) in [5, 5.41) is 5.19. The molecular formula is C17H15N3O4. The summed E-state index contributed by atoms with van der Waals surface area (Å²) in [6.07, 6.45) is 3.36. The Morgan fingerprint density at radius 2 is 1.88 bits per heavy atom. The average Bonchev–Trinajstić information content (AvgIpc) is 3.27. The number of rotatable bonds is 5. The topological polar surface area (TPSA) is 97.4 Å². The molecule has 0 saturated heterocycles. The lowest BCUT2D eigenvalue weighted by molar-refractivity contribution is 0.0990. The maximum absolute atomic E-state index is 12.2. The number of hydrogen-bond donors (Lipinski definition) is 2. The van der Waals surface area contributed by atoms with Crippen molar-refractivity contribution >= 4 is 23.5 Å². The molecule has 0 saturated carbocycles. The molecule has 2 amide bonds. The van der Waals surface area contributed by atoms with Crippen LogP contribution < -0.4 is 10.6 Å². The van der Waals surface area contributed by atoms with Crippen LogP contribution in [0.1, 0.15) is 33.5 Å². The minimum absolute atomic E-state index is 0.0654. The second-order valence-electron chi connectivity index (χ2n) is 4.93. The molecule has 2 heterocycles. The lowest BCUT2D eigenvalue weighted by atomic mass is 10.1. The van der Waals surface area contributed by atoms with Crippen molar-refractivity contribution in [2.75, 3.05) is 10.6 Å². The Balaban J connectivity index is 1.68. The molecule has 0 unspecified atom stereocenters. The Morgan fingerprint density at radius 1 is 1.04 bits per heavy atom. The van der Waals surface area contributed by atoms with E-state index in [1.165, 1.54) is 18.6 Å². The van der Waals surface area contributed by atoms with E-state index in [0.29, 0.717) is 5.69 Å². The van der Waals surface area contributed by atoms with Crippen molar-refractivity contribution in [2.24, 2.45) is 0 Å². The third-order valence-corrected chi connectivity index (χ3v) is 3.35. The van der Waals surface area contributed by atoms with Crippen LogP contribution >= 0.6 is 0 Å². The maximum atomic E-state index is 12.2. The molecule has 0 atom stereocenters. The molecule has 0 aliphatic heterocycles. The van der Waals surface area contributed by atoms with E-state index in [9.17, 15) is 9.59 Å². The second-order valence-corrected chi connectivity index (χ2v) is 4.93. The summed E-state index contributed by atoms with van der Waals surface area (Å²) < 4.78 is 10.1. The average molecular weight is 325 g/mol. The van der Waals surface area contributed by atoms with Crippen LogP contribution in [0.2, 0.25) is 0 Å². The number of oxazole rings is 1. The monoisotopic (exact) mass is 325 g/mol. The number of carbonyl (C=O) groups excluding carboxylic acids is 2. The summed E-state index contributed by atoms with van der Waals surface area (Å²) in [6, 6.07) is 10.5. The van der Waals surface area contributed by atoms with Crippen molar-refractivity contribution < 1.29 is 18.4 Å². The molecule has 7 heteroatoms. The SMILES string of the molecule is CCc1ccccc1NC(=O)c1coc(NC(=O)c2ccco2)n1. The van der Waals surface area contributed by atoms with E-state index >= 15 is 0 Å². The fraction of sp³-hybridized carbons (Fsp3) is 0.118. The molecule has 24 heavy (non-hydrogen) atoms. The first-order chi connectivity index (χ1) is 11.7. The third-order valence-electron chi connectivity index (χ3n) is 3.35. The molecule has 0 aliphatic rings. The zero-order chi connectivity index (χ0) is 16.9. The Kier molecular flexibility index (Phi) is 4.42. The van der Waals surface area contributed by atoms with E-state index in [0.717, 1.165) is 12.0 Å². The zero-order valence-electron chi connectivity index (χ0n) is 12.9. The van der Waals surface area contributed by atoms with Crippen LogP contribution in [0.15, 0.2) is 57.8 Å². The Morgan fingerprint density at radius 3 is 2.62 bits per heavy atom. The molecule has 7 nitrogen and oxygen atoms in total. The van der Waals surface area contributed by atoms with Crippen molar-refractivity contribution in [3.63, 3.8) is 0 Å². The normalized spacial score (nSPS) is 10.4. The van der Waals surface area contributed by atoms with Crippen molar-refractivity contribution in [2.45, 2.75) is 13.3 Å². The fourth-order valence-corrected chi connectivity index (χ4v) is 2.14. The number of benzene rings is 1. The maximum Gasteiger partial charge on any atom is 0.302 e. The van der Waals surface area contributed by atoms with Crippen LogP contribution in [0, 0.1) is 0 Å². The Hall–Kier alpha value is -3.35. The highest BCUT2D eigenvalue weighted by atomic mass is 16.4. The van der Waals surface area contributed by atoms with Crippen LogP contribution in [0.3, 0.4) is 0 Å². The van der Waals surface area contributed by atoms with Gasteiger partial charge in [0.15, 0.2) is 11.5 Å². The highest BCUT2D eigenvalue weighted by Gasteiger charge is 2.16. The van der Waals surface area contributed by atoms with Gasteiger partial charge in [-0.1, -0.05) is 25.1 Å². The number of carbonyl (C=O) groups is 2. The largest absolute Gasteiger partial charge is 0.459 e. The number of aryl methyl sites for hydroxylation is 1. The Bertz CT molecular complexity index is 852. The highest BCUT2D eigenvalue weighted by Crippen LogP contribution is 2.17. The van der Waals surface area contributed by atoms with Gasteiger partial charge in [0, 0.05) is 5.69 Å². The molecule has 2 N–H and O–H groups in total. The van der Waals surface area contributed by atoms with Gasteiger partial charge in [-0.25, -0.2) is 0 Å². The molecule has 0 spiro atoms. The minimum Gasteiger partial charge on any atom is -0.459 e. The van der Waals surface area contributed by atoms with Gasteiger partial charge < -0.3 is 14.2 Å². The number of anilines is 2. The fourth-order valence-electron chi connectivity index (χ4n) is 2.14. The van der Waals surface area contributed by atoms with Crippen LogP contribution in [0.4, 0.5) is 11.7 Å². The van der Waals surface area contributed by atoms with E-state index in [1.54, 1.807) is 6.07 Å². The van der Waals surface area contributed by atoms with Crippen molar-refractivity contribution in [1.29, 1.82) is 0 Å². The molecular weight excluding hydrogens is 310 g/mol. The van der Waals surface area contributed by atoms with E-state index in [2.05, 4.69) is 15.6 Å². The van der Waals surface area contributed by atoms with Crippen LogP contribution in [-0.4, -0.2) is 16.8 Å². The molecule has 0 radical (unpaired) electrons. The highest BCUT2D eigenvalue weighted by molar-refractivity contribution is 6.04. The minimum atomic E-state index is -0.509. The lowest BCUT2D eigenvalue weighted by Crippen LogP contribution is -2.14. The van der Waals surface area contributed by atoms with Gasteiger partial charge in [-0.05, 0) is 30.2 Å². The van der Waals surface area contributed by atoms with Gasteiger partial charge >= 0.3 is 6.01 Å². The van der Waals surface area contributed by atoms with Crippen molar-refractivity contribution in [1.82, 2.24) is 4.98 Å². The summed E-state index contributed by atoms with van der Waals surface area (Å²) in [4.78, 5) is 28.0. The number of aromatic nitrogens is 1. The van der Waals surface area contributed by atoms with Gasteiger partial charge in [-0.15, -0.1) is 0 Å². The summed E-state index contributed by atoms with van der Waals surface area (Å²) in [7, 11) is 0. The number of nitrogens with one attached hydrogen (secondary N) is 2. The molecule has 0 aliphatic carbocycles. The number of furan rings is 1. The molecule has 3 rings (SSSR count). The predicted octanol–water partition coefficient (Wildman–Crippen LogP) is 3.33. The van der Waals surface area contributed by atoms with Gasteiger partial charge in [0.1, 0.15) is 6.26 Å². The summed E-state index contributed by atoms with van der Waals surface area (Å²) in [6.45, 7) is 2.00. The first-order valence-electron chi connectivity index (χ1n) is 7.37. The molecule has 3 aromatic rings. The molecule has 1 aromatic carbocycles. The third kappa shape index (κ3) is 3.35. The van der Waals surface area contributed by atoms with E-state index < -0.39 is 11.8 Å². The first kappa shape index (κ1) is 15.5. The number of nitrogens with zero attached hydrogens (tertiary/aromatic N) is 1. The van der Waals surface area contributed by atoms with E-state index in [-0.39, 0.29) is 17.5 Å². The first-order valence-corrected chi connectivity index (χ1v) is 7.37.